The van der Waals surface area contributed by atoms with Crippen molar-refractivity contribution >= 4 is 27.6 Å². The SMILES string of the molecule is CS(=O)(=O)N1CC(=O)C(c2[nH]nc(SCc3ccc(F)cc3)c2F)C1. The van der Waals surface area contributed by atoms with Gasteiger partial charge >= 0.3 is 0 Å². The predicted molar refractivity (Wildman–Crippen MR) is 88.7 cm³/mol. The van der Waals surface area contributed by atoms with Crippen molar-refractivity contribution in [2.75, 3.05) is 19.3 Å². The second-order valence-electron chi connectivity index (χ2n) is 5.75. The first-order valence-corrected chi connectivity index (χ1v) is 10.2. The molecular formula is C15H15F2N3O3S2. The Bertz CT molecular complexity index is 897. The van der Waals surface area contributed by atoms with Crippen molar-refractivity contribution in [3.8, 4) is 0 Å². The normalized spacial score (nSPS) is 18.8. The van der Waals surface area contributed by atoms with Gasteiger partial charge in [0.1, 0.15) is 5.82 Å². The van der Waals surface area contributed by atoms with Crippen LogP contribution in [0.25, 0.3) is 0 Å². The van der Waals surface area contributed by atoms with E-state index in [4.69, 9.17) is 0 Å². The van der Waals surface area contributed by atoms with Crippen molar-refractivity contribution in [3.63, 3.8) is 0 Å². The number of sulfonamides is 1. The van der Waals surface area contributed by atoms with E-state index in [1.54, 1.807) is 12.1 Å². The van der Waals surface area contributed by atoms with E-state index in [0.29, 0.717) is 5.75 Å². The van der Waals surface area contributed by atoms with Crippen LogP contribution in [0.4, 0.5) is 8.78 Å². The Morgan fingerprint density at radius 1 is 1.32 bits per heavy atom. The molecule has 0 spiro atoms. The predicted octanol–water partition coefficient (Wildman–Crippen LogP) is 1.91. The third-order valence-corrected chi connectivity index (χ3v) is 6.15. The number of hydrogen-bond donors (Lipinski definition) is 1. The molecule has 0 aliphatic carbocycles. The molecule has 1 aliphatic heterocycles. The summed E-state index contributed by atoms with van der Waals surface area (Å²) in [6.07, 6.45) is 1.01. The van der Waals surface area contributed by atoms with E-state index < -0.39 is 21.8 Å². The van der Waals surface area contributed by atoms with E-state index in [1.165, 1.54) is 12.1 Å². The van der Waals surface area contributed by atoms with Gasteiger partial charge in [-0.25, -0.2) is 17.2 Å². The molecule has 10 heteroatoms. The summed E-state index contributed by atoms with van der Waals surface area (Å²) in [5.74, 6) is -1.88. The van der Waals surface area contributed by atoms with Gasteiger partial charge in [-0.05, 0) is 17.7 Å². The number of ketones is 1. The summed E-state index contributed by atoms with van der Waals surface area (Å²) in [5, 5.41) is 6.49. The molecule has 134 valence electrons. The van der Waals surface area contributed by atoms with Crippen molar-refractivity contribution < 1.29 is 22.0 Å². The fourth-order valence-electron chi connectivity index (χ4n) is 2.54. The van der Waals surface area contributed by atoms with Crippen LogP contribution in [0.15, 0.2) is 29.3 Å². The molecule has 3 rings (SSSR count). The molecular weight excluding hydrogens is 372 g/mol. The third-order valence-electron chi connectivity index (χ3n) is 3.92. The number of benzene rings is 1. The molecule has 25 heavy (non-hydrogen) atoms. The van der Waals surface area contributed by atoms with Gasteiger partial charge in [0.25, 0.3) is 0 Å². The molecule has 6 nitrogen and oxygen atoms in total. The number of carbonyl (C=O) groups is 1. The third kappa shape index (κ3) is 3.91. The fraction of sp³-hybridized carbons (Fsp3) is 0.333. The maximum Gasteiger partial charge on any atom is 0.211 e. The van der Waals surface area contributed by atoms with Crippen LogP contribution >= 0.6 is 11.8 Å². The molecule has 1 N–H and O–H groups in total. The molecule has 1 aromatic heterocycles. The van der Waals surface area contributed by atoms with Crippen LogP contribution in [0.3, 0.4) is 0 Å². The average Bonchev–Trinajstić information content (AvgIpc) is 3.10. The van der Waals surface area contributed by atoms with Gasteiger partial charge in [-0.2, -0.15) is 9.40 Å². The van der Waals surface area contributed by atoms with Crippen molar-refractivity contribution in [3.05, 3.63) is 47.2 Å². The number of aromatic amines is 1. The second-order valence-corrected chi connectivity index (χ2v) is 8.69. The Hall–Kier alpha value is -1.78. The summed E-state index contributed by atoms with van der Waals surface area (Å²) < 4.78 is 51.6. The lowest BCUT2D eigenvalue weighted by Gasteiger charge is -2.11. The maximum absolute atomic E-state index is 14.6. The number of aromatic nitrogens is 2. The minimum absolute atomic E-state index is 0.00208. The van der Waals surface area contributed by atoms with Crippen LogP contribution < -0.4 is 0 Å². The molecule has 0 saturated carbocycles. The Morgan fingerprint density at radius 2 is 2.00 bits per heavy atom. The molecule has 1 aromatic carbocycles. The summed E-state index contributed by atoms with van der Waals surface area (Å²) in [4.78, 5) is 12.0. The van der Waals surface area contributed by atoms with Gasteiger partial charge in [0.2, 0.25) is 10.0 Å². The highest BCUT2D eigenvalue weighted by molar-refractivity contribution is 7.98. The Morgan fingerprint density at radius 3 is 2.60 bits per heavy atom. The van der Waals surface area contributed by atoms with Crippen LogP contribution in [0.2, 0.25) is 0 Å². The topological polar surface area (TPSA) is 83.1 Å². The number of nitrogens with zero attached hydrogens (tertiary/aromatic N) is 2. The van der Waals surface area contributed by atoms with E-state index in [9.17, 15) is 22.0 Å². The van der Waals surface area contributed by atoms with Crippen molar-refractivity contribution in [1.29, 1.82) is 0 Å². The average molecular weight is 387 g/mol. The molecule has 1 atom stereocenters. The lowest BCUT2D eigenvalue weighted by atomic mass is 10.0. The fourth-order valence-corrected chi connectivity index (χ4v) is 4.17. The first-order chi connectivity index (χ1) is 11.8. The van der Waals surface area contributed by atoms with E-state index in [2.05, 4.69) is 10.2 Å². The molecule has 0 radical (unpaired) electrons. The number of nitrogens with one attached hydrogen (secondary N) is 1. The minimum Gasteiger partial charge on any atom is -0.297 e. The first-order valence-electron chi connectivity index (χ1n) is 7.34. The summed E-state index contributed by atoms with van der Waals surface area (Å²) in [6, 6.07) is 5.83. The highest BCUT2D eigenvalue weighted by atomic mass is 32.2. The lowest BCUT2D eigenvalue weighted by molar-refractivity contribution is -0.117. The number of Topliss-reactive ketones (excluding diaryl/α,β-unsaturated/α-hetero) is 1. The van der Waals surface area contributed by atoms with E-state index in [-0.39, 0.29) is 35.4 Å². The van der Waals surface area contributed by atoms with Crippen LogP contribution in [0.5, 0.6) is 0 Å². The zero-order chi connectivity index (χ0) is 18.2. The van der Waals surface area contributed by atoms with Gasteiger partial charge in [-0.3, -0.25) is 9.89 Å². The van der Waals surface area contributed by atoms with Gasteiger partial charge in [-0.15, -0.1) is 0 Å². The largest absolute Gasteiger partial charge is 0.297 e. The summed E-state index contributed by atoms with van der Waals surface area (Å²) in [6.45, 7) is -0.362. The number of thioether (sulfide) groups is 1. The quantitative estimate of drug-likeness (QED) is 0.793. The molecule has 2 aromatic rings. The van der Waals surface area contributed by atoms with Gasteiger partial charge in [0.05, 0.1) is 24.4 Å². The highest BCUT2D eigenvalue weighted by Crippen LogP contribution is 2.31. The molecule has 1 unspecified atom stereocenters. The number of carbonyl (C=O) groups excluding carboxylic acids is 1. The van der Waals surface area contributed by atoms with E-state index in [0.717, 1.165) is 27.9 Å². The van der Waals surface area contributed by atoms with Gasteiger partial charge in [0.15, 0.2) is 16.6 Å². The number of hydrogen-bond acceptors (Lipinski definition) is 5. The molecule has 1 fully saturated rings. The van der Waals surface area contributed by atoms with Crippen molar-refractivity contribution in [1.82, 2.24) is 14.5 Å². The number of rotatable bonds is 5. The monoisotopic (exact) mass is 387 g/mol. The molecule has 0 amide bonds. The van der Waals surface area contributed by atoms with E-state index >= 15 is 0 Å². The second kappa shape index (κ2) is 6.85. The van der Waals surface area contributed by atoms with Crippen LogP contribution in [0.1, 0.15) is 17.2 Å². The number of H-pyrrole nitrogens is 1. The lowest BCUT2D eigenvalue weighted by Crippen LogP contribution is -2.27. The zero-order valence-corrected chi connectivity index (χ0v) is 14.8. The molecule has 0 bridgehead atoms. The summed E-state index contributed by atoms with van der Waals surface area (Å²) in [7, 11) is -3.51. The first kappa shape index (κ1) is 18.0. The molecule has 1 saturated heterocycles. The Labute approximate surface area is 147 Å². The highest BCUT2D eigenvalue weighted by Gasteiger charge is 2.39. The Balaban J connectivity index is 1.73. The minimum atomic E-state index is -3.51. The van der Waals surface area contributed by atoms with Gasteiger partial charge < -0.3 is 0 Å². The maximum atomic E-state index is 14.6. The van der Waals surface area contributed by atoms with Gasteiger partial charge in [0, 0.05) is 12.3 Å². The summed E-state index contributed by atoms with van der Waals surface area (Å²) in [5.41, 5.74) is 0.799. The van der Waals surface area contributed by atoms with Crippen LogP contribution in [-0.4, -0.2) is 48.0 Å². The molecule has 1 aliphatic rings. The standard InChI is InChI=1S/C15H15F2N3O3S2/c1-25(22,23)20-6-11(12(21)7-20)14-13(17)15(19-18-14)24-8-9-2-4-10(16)5-3-9/h2-5,11H,6-8H2,1H3,(H,18,19). The van der Waals surface area contributed by atoms with Crippen LogP contribution in [-0.2, 0) is 20.6 Å². The van der Waals surface area contributed by atoms with Crippen molar-refractivity contribution in [2.24, 2.45) is 0 Å². The van der Waals surface area contributed by atoms with Crippen molar-refractivity contribution in [2.45, 2.75) is 16.7 Å². The molecule has 2 heterocycles. The smallest absolute Gasteiger partial charge is 0.211 e. The van der Waals surface area contributed by atoms with E-state index in [1.807, 2.05) is 0 Å². The number of halogens is 2. The van der Waals surface area contributed by atoms with Gasteiger partial charge in [-0.1, -0.05) is 23.9 Å². The van der Waals surface area contributed by atoms with Crippen LogP contribution in [0, 0.1) is 11.6 Å². The Kier molecular flexibility index (Phi) is 4.94. The summed E-state index contributed by atoms with van der Waals surface area (Å²) >= 11 is 1.11. The zero-order valence-electron chi connectivity index (χ0n) is 13.2.